The minimum atomic E-state index is 0.984. The molecule has 0 amide bonds. The second kappa shape index (κ2) is 6.53. The summed E-state index contributed by atoms with van der Waals surface area (Å²) in [7, 11) is 0. The van der Waals surface area contributed by atoms with Crippen molar-refractivity contribution in [1.82, 2.24) is 0 Å². The van der Waals surface area contributed by atoms with E-state index in [1.807, 2.05) is 13.8 Å². The van der Waals surface area contributed by atoms with E-state index in [0.717, 1.165) is 18.5 Å². The number of para-hydroxylation sites is 1. The highest BCUT2D eigenvalue weighted by molar-refractivity contribution is 5.53. The first-order valence-corrected chi connectivity index (χ1v) is 5.15. The average molecular weight is 179 g/mol. The Hall–Kier alpha value is -0.980. The monoisotopic (exact) mass is 179 g/mol. The lowest BCUT2D eigenvalue weighted by atomic mass is 10.0. The van der Waals surface area contributed by atoms with Crippen molar-refractivity contribution < 1.29 is 0 Å². The van der Waals surface area contributed by atoms with Gasteiger partial charge in [-0.15, -0.1) is 0 Å². The number of aryl methyl sites for hydroxylation is 2. The molecule has 1 aromatic rings. The predicted molar refractivity (Wildman–Crippen MR) is 61.0 cm³/mol. The average Bonchev–Trinajstić information content (AvgIpc) is 2.21. The summed E-state index contributed by atoms with van der Waals surface area (Å²) in [6, 6.07) is 6.26. The van der Waals surface area contributed by atoms with Gasteiger partial charge in [-0.05, 0) is 24.0 Å². The van der Waals surface area contributed by atoms with E-state index in [0.29, 0.717) is 0 Å². The number of hydrogen-bond donors (Lipinski definition) is 1. The van der Waals surface area contributed by atoms with Gasteiger partial charge in [0.1, 0.15) is 0 Å². The van der Waals surface area contributed by atoms with Crippen LogP contribution in [0.25, 0.3) is 0 Å². The molecule has 1 aromatic carbocycles. The van der Waals surface area contributed by atoms with Crippen LogP contribution in [0.15, 0.2) is 18.2 Å². The Balaban J connectivity index is 0.000000671. The summed E-state index contributed by atoms with van der Waals surface area (Å²) in [6.07, 6.45) is 2.05. The highest BCUT2D eigenvalue weighted by atomic mass is 14.6. The van der Waals surface area contributed by atoms with Crippen LogP contribution >= 0.6 is 0 Å². The molecule has 0 heterocycles. The summed E-state index contributed by atoms with van der Waals surface area (Å²) in [4.78, 5) is 0. The Labute approximate surface area is 82.0 Å². The number of nitrogens with two attached hydrogens (primary N) is 1. The van der Waals surface area contributed by atoms with E-state index in [1.54, 1.807) is 0 Å². The lowest BCUT2D eigenvalue weighted by Gasteiger charge is -2.06. The molecule has 74 valence electrons. The molecule has 2 N–H and O–H groups in total. The number of nitrogen functional groups attached to an aromatic ring is 1. The number of anilines is 1. The molecule has 0 spiro atoms. The number of benzene rings is 1. The van der Waals surface area contributed by atoms with Gasteiger partial charge in [0.15, 0.2) is 0 Å². The highest BCUT2D eigenvalue weighted by Gasteiger charge is 1.99. The molecule has 0 aromatic heterocycles. The molecule has 0 atom stereocenters. The molecule has 1 nitrogen and oxygen atoms in total. The van der Waals surface area contributed by atoms with E-state index in [4.69, 9.17) is 5.73 Å². The zero-order chi connectivity index (χ0) is 10.3. The normalized spacial score (nSPS) is 8.92. The van der Waals surface area contributed by atoms with Gasteiger partial charge < -0.3 is 5.73 Å². The van der Waals surface area contributed by atoms with Crippen molar-refractivity contribution in [3.05, 3.63) is 29.3 Å². The lowest BCUT2D eigenvalue weighted by molar-refractivity contribution is 1.09. The van der Waals surface area contributed by atoms with Crippen LogP contribution < -0.4 is 5.73 Å². The van der Waals surface area contributed by atoms with Gasteiger partial charge in [-0.2, -0.15) is 0 Å². The second-order valence-electron chi connectivity index (χ2n) is 2.70. The Morgan fingerprint density at radius 2 is 1.38 bits per heavy atom. The maximum Gasteiger partial charge on any atom is 0.0378 e. The van der Waals surface area contributed by atoms with Crippen LogP contribution in [-0.2, 0) is 12.8 Å². The summed E-state index contributed by atoms with van der Waals surface area (Å²) in [6.45, 7) is 8.26. The Bertz CT molecular complexity index is 219. The van der Waals surface area contributed by atoms with Crippen LogP contribution in [0.3, 0.4) is 0 Å². The van der Waals surface area contributed by atoms with Crippen LogP contribution in [0.2, 0.25) is 0 Å². The Morgan fingerprint density at radius 1 is 1.00 bits per heavy atom. The molecule has 0 aliphatic heterocycles. The van der Waals surface area contributed by atoms with Crippen LogP contribution in [0.5, 0.6) is 0 Å². The molecule has 0 bridgehead atoms. The molecule has 0 aliphatic carbocycles. The van der Waals surface area contributed by atoms with Crippen molar-refractivity contribution in [2.45, 2.75) is 40.5 Å². The lowest BCUT2D eigenvalue weighted by Crippen LogP contribution is -1.97. The summed E-state index contributed by atoms with van der Waals surface area (Å²) in [5.41, 5.74) is 9.42. The number of hydrogen-bond acceptors (Lipinski definition) is 1. The van der Waals surface area contributed by atoms with Crippen molar-refractivity contribution in [1.29, 1.82) is 0 Å². The van der Waals surface area contributed by atoms with E-state index in [9.17, 15) is 0 Å². The smallest absolute Gasteiger partial charge is 0.0378 e. The van der Waals surface area contributed by atoms with Gasteiger partial charge in [-0.3, -0.25) is 0 Å². The van der Waals surface area contributed by atoms with E-state index < -0.39 is 0 Å². The first-order valence-electron chi connectivity index (χ1n) is 5.15. The molecule has 13 heavy (non-hydrogen) atoms. The summed E-state index contributed by atoms with van der Waals surface area (Å²) < 4.78 is 0. The Morgan fingerprint density at radius 3 is 1.69 bits per heavy atom. The van der Waals surface area contributed by atoms with Gasteiger partial charge in [0.25, 0.3) is 0 Å². The van der Waals surface area contributed by atoms with Gasteiger partial charge in [-0.25, -0.2) is 0 Å². The third kappa shape index (κ3) is 3.10. The van der Waals surface area contributed by atoms with Crippen LogP contribution in [0.1, 0.15) is 38.8 Å². The summed E-state index contributed by atoms with van der Waals surface area (Å²) in [5, 5.41) is 0. The third-order valence-corrected chi connectivity index (χ3v) is 2.05. The van der Waals surface area contributed by atoms with Crippen LogP contribution in [0.4, 0.5) is 5.69 Å². The van der Waals surface area contributed by atoms with Crippen molar-refractivity contribution >= 4 is 5.69 Å². The molecule has 0 aliphatic rings. The van der Waals surface area contributed by atoms with Gasteiger partial charge in [0.05, 0.1) is 0 Å². The minimum absolute atomic E-state index is 0.984. The zero-order valence-corrected chi connectivity index (χ0v) is 9.22. The maximum absolute atomic E-state index is 5.90. The largest absolute Gasteiger partial charge is 0.398 e. The molecule has 1 heteroatoms. The van der Waals surface area contributed by atoms with E-state index in [-0.39, 0.29) is 0 Å². The molecule has 0 saturated heterocycles. The second-order valence-corrected chi connectivity index (χ2v) is 2.70. The van der Waals surface area contributed by atoms with E-state index in [2.05, 4.69) is 32.0 Å². The molecule has 0 fully saturated rings. The zero-order valence-electron chi connectivity index (χ0n) is 9.22. The first-order chi connectivity index (χ1) is 6.29. The Kier molecular flexibility index (Phi) is 6.03. The standard InChI is InChI=1S/C10H15N.C2H6/c1-3-8-6-5-7-9(4-2)10(8)11;1-2/h5-7H,3-4,11H2,1-2H3;1-2H3. The highest BCUT2D eigenvalue weighted by Crippen LogP contribution is 2.17. The summed E-state index contributed by atoms with van der Waals surface area (Å²) >= 11 is 0. The quantitative estimate of drug-likeness (QED) is 0.692. The summed E-state index contributed by atoms with van der Waals surface area (Å²) in [5.74, 6) is 0. The fourth-order valence-electron chi connectivity index (χ4n) is 1.28. The maximum atomic E-state index is 5.90. The van der Waals surface area contributed by atoms with Crippen molar-refractivity contribution in [3.63, 3.8) is 0 Å². The van der Waals surface area contributed by atoms with Crippen molar-refractivity contribution in [2.24, 2.45) is 0 Å². The van der Waals surface area contributed by atoms with Gasteiger partial charge in [-0.1, -0.05) is 45.9 Å². The SMILES string of the molecule is CC.CCc1cccc(CC)c1N. The van der Waals surface area contributed by atoms with Crippen molar-refractivity contribution in [2.75, 3.05) is 5.73 Å². The van der Waals surface area contributed by atoms with E-state index in [1.165, 1.54) is 11.1 Å². The molecular formula is C12H21N. The van der Waals surface area contributed by atoms with Gasteiger partial charge in [0.2, 0.25) is 0 Å². The first kappa shape index (κ1) is 12.0. The van der Waals surface area contributed by atoms with Crippen LogP contribution in [0, 0.1) is 0 Å². The van der Waals surface area contributed by atoms with Crippen molar-refractivity contribution in [3.8, 4) is 0 Å². The number of rotatable bonds is 2. The van der Waals surface area contributed by atoms with Gasteiger partial charge in [0, 0.05) is 5.69 Å². The fraction of sp³-hybridized carbons (Fsp3) is 0.500. The molecular weight excluding hydrogens is 158 g/mol. The predicted octanol–water partition coefficient (Wildman–Crippen LogP) is 3.42. The minimum Gasteiger partial charge on any atom is -0.398 e. The molecule has 0 saturated carbocycles. The molecule has 1 rings (SSSR count). The molecule has 0 radical (unpaired) electrons. The topological polar surface area (TPSA) is 26.0 Å². The fourth-order valence-corrected chi connectivity index (χ4v) is 1.28. The van der Waals surface area contributed by atoms with Gasteiger partial charge >= 0.3 is 0 Å². The van der Waals surface area contributed by atoms with E-state index >= 15 is 0 Å². The third-order valence-electron chi connectivity index (χ3n) is 2.05. The molecule has 0 unspecified atom stereocenters. The van der Waals surface area contributed by atoms with Crippen LogP contribution in [-0.4, -0.2) is 0 Å².